The molecule has 0 aromatic heterocycles. The van der Waals surface area contributed by atoms with Gasteiger partial charge in [0.05, 0.1) is 0 Å². The molecule has 0 aliphatic heterocycles. The minimum absolute atomic E-state index is 0.590. The molecule has 16 heavy (non-hydrogen) atoms. The maximum atomic E-state index is 3.70. The van der Waals surface area contributed by atoms with Crippen molar-refractivity contribution < 1.29 is 0 Å². The largest absolute Gasteiger partial charge is 0.0922 e. The average molecular weight is 279 g/mol. The molecule has 1 heteroatoms. The van der Waals surface area contributed by atoms with Gasteiger partial charge in [-0.15, -0.1) is 0 Å². The average Bonchev–Trinajstić information content (AvgIpc) is 2.70. The van der Waals surface area contributed by atoms with Crippen LogP contribution in [-0.4, -0.2) is 5.33 Å². The highest BCUT2D eigenvalue weighted by molar-refractivity contribution is 9.09. The van der Waals surface area contributed by atoms with Gasteiger partial charge in [0.25, 0.3) is 0 Å². The van der Waals surface area contributed by atoms with Crippen LogP contribution in [0.4, 0.5) is 0 Å². The van der Waals surface area contributed by atoms with E-state index in [1.807, 2.05) is 0 Å². The fourth-order valence-corrected chi connectivity index (χ4v) is 3.96. The van der Waals surface area contributed by atoms with Gasteiger partial charge < -0.3 is 0 Å². The summed E-state index contributed by atoms with van der Waals surface area (Å²) in [4.78, 5) is 0. The third kappa shape index (κ3) is 1.84. The molecule has 0 amide bonds. The van der Waals surface area contributed by atoms with E-state index in [0.29, 0.717) is 5.41 Å². The van der Waals surface area contributed by atoms with E-state index in [1.54, 1.807) is 16.7 Å². The van der Waals surface area contributed by atoms with Crippen LogP contribution in [0.5, 0.6) is 0 Å². The fourth-order valence-electron chi connectivity index (χ4n) is 3.20. The Bertz CT molecular complexity index is 385. The van der Waals surface area contributed by atoms with E-state index in [4.69, 9.17) is 0 Å². The SMILES string of the molecule is BrCC1(Cc2ccc3c(c2)CCC3)CCC1. The van der Waals surface area contributed by atoms with Crippen molar-refractivity contribution >= 4 is 15.9 Å². The minimum Gasteiger partial charge on any atom is -0.0922 e. The lowest BCUT2D eigenvalue weighted by Crippen LogP contribution is -2.33. The van der Waals surface area contributed by atoms with Gasteiger partial charge in [0.15, 0.2) is 0 Å². The summed E-state index contributed by atoms with van der Waals surface area (Å²) in [5.41, 5.74) is 5.39. The molecule has 0 spiro atoms. The zero-order valence-corrected chi connectivity index (χ0v) is 11.4. The predicted molar refractivity (Wildman–Crippen MR) is 72.2 cm³/mol. The highest BCUT2D eigenvalue weighted by atomic mass is 79.9. The minimum atomic E-state index is 0.590. The molecule has 1 aromatic rings. The van der Waals surface area contributed by atoms with Crippen molar-refractivity contribution in [3.63, 3.8) is 0 Å². The van der Waals surface area contributed by atoms with Gasteiger partial charge in [0.1, 0.15) is 0 Å². The molecular formula is C15H19Br. The molecule has 0 nitrogen and oxygen atoms in total. The number of rotatable bonds is 3. The van der Waals surface area contributed by atoms with Crippen LogP contribution in [0.1, 0.15) is 42.4 Å². The molecular weight excluding hydrogens is 260 g/mol. The maximum absolute atomic E-state index is 3.70. The topological polar surface area (TPSA) is 0 Å². The maximum Gasteiger partial charge on any atom is 0.00911 e. The Hall–Kier alpha value is -0.300. The molecule has 2 aliphatic rings. The van der Waals surface area contributed by atoms with E-state index in [2.05, 4.69) is 34.1 Å². The van der Waals surface area contributed by atoms with E-state index in [0.717, 1.165) is 0 Å². The first kappa shape index (κ1) is 10.8. The summed E-state index contributed by atoms with van der Waals surface area (Å²) in [6, 6.07) is 7.22. The molecule has 0 atom stereocenters. The molecule has 1 aromatic carbocycles. The van der Waals surface area contributed by atoms with Crippen LogP contribution in [0.25, 0.3) is 0 Å². The normalized spacial score (nSPS) is 21.6. The van der Waals surface area contributed by atoms with Gasteiger partial charge in [-0.3, -0.25) is 0 Å². The van der Waals surface area contributed by atoms with Crippen molar-refractivity contribution in [2.24, 2.45) is 5.41 Å². The molecule has 0 saturated heterocycles. The number of hydrogen-bond acceptors (Lipinski definition) is 0. The second kappa shape index (κ2) is 4.18. The molecule has 0 unspecified atom stereocenters. The summed E-state index contributed by atoms with van der Waals surface area (Å²) in [6.07, 6.45) is 9.51. The lowest BCUT2D eigenvalue weighted by molar-refractivity contribution is 0.170. The Morgan fingerprint density at radius 2 is 1.88 bits per heavy atom. The number of alkyl halides is 1. The van der Waals surface area contributed by atoms with Gasteiger partial charge in [0.2, 0.25) is 0 Å². The van der Waals surface area contributed by atoms with Crippen molar-refractivity contribution in [3.8, 4) is 0 Å². The number of aryl methyl sites for hydroxylation is 2. The first-order chi connectivity index (χ1) is 7.81. The molecule has 0 N–H and O–H groups in total. The zero-order valence-electron chi connectivity index (χ0n) is 9.77. The Balaban J connectivity index is 1.80. The second-order valence-electron chi connectivity index (χ2n) is 5.62. The van der Waals surface area contributed by atoms with Crippen molar-refractivity contribution in [1.82, 2.24) is 0 Å². The van der Waals surface area contributed by atoms with Crippen molar-refractivity contribution in [3.05, 3.63) is 34.9 Å². The van der Waals surface area contributed by atoms with E-state index >= 15 is 0 Å². The Labute approximate surface area is 107 Å². The third-order valence-corrected chi connectivity index (χ3v) is 5.63. The lowest BCUT2D eigenvalue weighted by Gasteiger charge is -2.40. The summed E-state index contributed by atoms with van der Waals surface area (Å²) >= 11 is 3.70. The summed E-state index contributed by atoms with van der Waals surface area (Å²) < 4.78 is 0. The predicted octanol–water partition coefficient (Wildman–Crippen LogP) is 4.28. The smallest absolute Gasteiger partial charge is 0.00911 e. The van der Waals surface area contributed by atoms with Crippen molar-refractivity contribution in [2.75, 3.05) is 5.33 Å². The van der Waals surface area contributed by atoms with Gasteiger partial charge in [-0.1, -0.05) is 40.5 Å². The molecule has 1 saturated carbocycles. The number of benzene rings is 1. The first-order valence-electron chi connectivity index (χ1n) is 6.48. The highest BCUT2D eigenvalue weighted by Gasteiger charge is 2.35. The van der Waals surface area contributed by atoms with E-state index in [-0.39, 0.29) is 0 Å². The van der Waals surface area contributed by atoms with Gasteiger partial charge in [-0.2, -0.15) is 0 Å². The standard InChI is InChI=1S/C15H19Br/c16-11-15(7-2-8-15)10-12-5-6-13-3-1-4-14(13)9-12/h5-6,9H,1-4,7-8,10-11H2. The summed E-state index contributed by atoms with van der Waals surface area (Å²) in [7, 11) is 0. The Kier molecular flexibility index (Phi) is 2.83. The third-order valence-electron chi connectivity index (χ3n) is 4.44. The highest BCUT2D eigenvalue weighted by Crippen LogP contribution is 2.45. The van der Waals surface area contributed by atoms with Gasteiger partial charge in [0, 0.05) is 5.33 Å². The number of hydrogen-bond donors (Lipinski definition) is 0. The summed E-state index contributed by atoms with van der Waals surface area (Å²) in [5, 5.41) is 1.18. The number of halogens is 1. The molecule has 3 rings (SSSR count). The lowest BCUT2D eigenvalue weighted by atomic mass is 9.67. The Morgan fingerprint density at radius 1 is 1.06 bits per heavy atom. The monoisotopic (exact) mass is 278 g/mol. The van der Waals surface area contributed by atoms with Gasteiger partial charge >= 0.3 is 0 Å². The van der Waals surface area contributed by atoms with Crippen LogP contribution < -0.4 is 0 Å². The first-order valence-corrected chi connectivity index (χ1v) is 7.60. The van der Waals surface area contributed by atoms with E-state index in [1.165, 1.54) is 50.3 Å². The molecule has 1 fully saturated rings. The molecule has 2 aliphatic carbocycles. The van der Waals surface area contributed by atoms with Crippen molar-refractivity contribution in [2.45, 2.75) is 44.9 Å². The summed E-state index contributed by atoms with van der Waals surface area (Å²) in [6.45, 7) is 0. The second-order valence-corrected chi connectivity index (χ2v) is 6.18. The molecule has 0 heterocycles. The van der Waals surface area contributed by atoms with E-state index < -0.39 is 0 Å². The summed E-state index contributed by atoms with van der Waals surface area (Å²) in [5.74, 6) is 0. The fraction of sp³-hybridized carbons (Fsp3) is 0.600. The Morgan fingerprint density at radius 3 is 2.56 bits per heavy atom. The quantitative estimate of drug-likeness (QED) is 0.724. The van der Waals surface area contributed by atoms with Crippen LogP contribution in [0, 0.1) is 5.41 Å². The van der Waals surface area contributed by atoms with Gasteiger partial charge in [-0.05, 0) is 60.6 Å². The van der Waals surface area contributed by atoms with Crippen LogP contribution in [0.3, 0.4) is 0 Å². The zero-order chi connectivity index (χ0) is 11.0. The van der Waals surface area contributed by atoms with Crippen LogP contribution in [0.15, 0.2) is 18.2 Å². The van der Waals surface area contributed by atoms with E-state index in [9.17, 15) is 0 Å². The van der Waals surface area contributed by atoms with Crippen LogP contribution >= 0.6 is 15.9 Å². The van der Waals surface area contributed by atoms with Crippen molar-refractivity contribution in [1.29, 1.82) is 0 Å². The molecule has 0 bridgehead atoms. The van der Waals surface area contributed by atoms with Crippen LogP contribution in [0.2, 0.25) is 0 Å². The number of fused-ring (bicyclic) bond motifs is 1. The molecule has 0 radical (unpaired) electrons. The molecule has 86 valence electrons. The van der Waals surface area contributed by atoms with Crippen LogP contribution in [-0.2, 0) is 19.3 Å². The van der Waals surface area contributed by atoms with Gasteiger partial charge in [-0.25, -0.2) is 0 Å².